The van der Waals surface area contributed by atoms with E-state index in [-0.39, 0.29) is 5.41 Å². The van der Waals surface area contributed by atoms with E-state index in [0.717, 1.165) is 31.4 Å². The summed E-state index contributed by atoms with van der Waals surface area (Å²) in [4.78, 5) is 0. The first kappa shape index (κ1) is 11.5. The van der Waals surface area contributed by atoms with Crippen LogP contribution in [0.1, 0.15) is 31.4 Å². The highest BCUT2D eigenvalue weighted by molar-refractivity contribution is 5.41. The van der Waals surface area contributed by atoms with Crippen LogP contribution in [0.25, 0.3) is 0 Å². The van der Waals surface area contributed by atoms with Gasteiger partial charge in [0.2, 0.25) is 0 Å². The molecule has 2 rings (SSSR count). The van der Waals surface area contributed by atoms with Gasteiger partial charge in [0.25, 0.3) is 0 Å². The fraction of sp³-hybridized carbons (Fsp3) is 0.571. The largest absolute Gasteiger partial charge is 0.508 e. The van der Waals surface area contributed by atoms with Gasteiger partial charge in [0.15, 0.2) is 0 Å². The third-order valence-corrected chi connectivity index (χ3v) is 4.09. The molecule has 1 aromatic rings. The third-order valence-electron chi connectivity index (χ3n) is 4.09. The summed E-state index contributed by atoms with van der Waals surface area (Å²) < 4.78 is 0. The summed E-state index contributed by atoms with van der Waals surface area (Å²) in [6, 6.07) is 5.85. The van der Waals surface area contributed by atoms with Gasteiger partial charge in [0.1, 0.15) is 5.75 Å². The molecule has 88 valence electrons. The molecule has 0 saturated heterocycles. The Labute approximate surface area is 97.5 Å². The van der Waals surface area contributed by atoms with E-state index in [1.54, 1.807) is 6.07 Å². The van der Waals surface area contributed by atoms with Crippen LogP contribution >= 0.6 is 0 Å². The Morgan fingerprint density at radius 3 is 2.88 bits per heavy atom. The summed E-state index contributed by atoms with van der Waals surface area (Å²) in [5, 5.41) is 9.78. The van der Waals surface area contributed by atoms with Gasteiger partial charge in [-0.15, -0.1) is 0 Å². The van der Waals surface area contributed by atoms with Crippen molar-refractivity contribution in [2.45, 2.75) is 33.1 Å². The lowest BCUT2D eigenvalue weighted by atomic mass is 9.69. The minimum absolute atomic E-state index is 0.198. The Hall–Kier alpha value is -1.02. The highest BCUT2D eigenvalue weighted by Gasteiger charge is 2.31. The maximum atomic E-state index is 9.78. The zero-order chi connectivity index (χ0) is 11.8. The smallest absolute Gasteiger partial charge is 0.119 e. The van der Waals surface area contributed by atoms with E-state index in [9.17, 15) is 5.11 Å². The first-order valence-electron chi connectivity index (χ1n) is 6.04. The van der Waals surface area contributed by atoms with Crippen molar-refractivity contribution in [1.82, 2.24) is 0 Å². The van der Waals surface area contributed by atoms with Crippen molar-refractivity contribution in [3.05, 3.63) is 29.3 Å². The molecule has 1 aliphatic rings. The predicted molar refractivity (Wildman–Crippen MR) is 66.5 cm³/mol. The van der Waals surface area contributed by atoms with E-state index < -0.39 is 0 Å². The Morgan fingerprint density at radius 1 is 1.44 bits per heavy atom. The van der Waals surface area contributed by atoms with Crippen molar-refractivity contribution < 1.29 is 5.11 Å². The second kappa shape index (κ2) is 4.10. The summed E-state index contributed by atoms with van der Waals surface area (Å²) in [5.74, 6) is 1.09. The number of nitrogens with two attached hydrogens (primary N) is 1. The van der Waals surface area contributed by atoms with Crippen LogP contribution in [0, 0.1) is 11.3 Å². The average molecular weight is 219 g/mol. The minimum atomic E-state index is 0.198. The summed E-state index contributed by atoms with van der Waals surface area (Å²) in [6.45, 7) is 5.21. The number of hydrogen-bond donors (Lipinski definition) is 2. The molecule has 2 nitrogen and oxygen atoms in total. The fourth-order valence-electron chi connectivity index (χ4n) is 2.62. The van der Waals surface area contributed by atoms with E-state index >= 15 is 0 Å². The van der Waals surface area contributed by atoms with Gasteiger partial charge >= 0.3 is 0 Å². The zero-order valence-electron chi connectivity index (χ0n) is 10.2. The third kappa shape index (κ3) is 1.94. The number of phenols is 1. The van der Waals surface area contributed by atoms with Gasteiger partial charge < -0.3 is 10.8 Å². The van der Waals surface area contributed by atoms with Crippen LogP contribution in [0.3, 0.4) is 0 Å². The second-order valence-corrected chi connectivity index (χ2v) is 5.55. The molecule has 1 unspecified atom stereocenters. The van der Waals surface area contributed by atoms with Crippen LogP contribution in [0.15, 0.2) is 18.2 Å². The topological polar surface area (TPSA) is 46.2 Å². The van der Waals surface area contributed by atoms with Crippen LogP contribution in [-0.4, -0.2) is 11.7 Å². The van der Waals surface area contributed by atoms with E-state index in [4.69, 9.17) is 5.73 Å². The van der Waals surface area contributed by atoms with Gasteiger partial charge in [-0.25, -0.2) is 0 Å². The van der Waals surface area contributed by atoms with Gasteiger partial charge in [-0.2, -0.15) is 0 Å². The first-order valence-corrected chi connectivity index (χ1v) is 6.04. The molecule has 3 N–H and O–H groups in total. The fourth-order valence-corrected chi connectivity index (χ4v) is 2.62. The number of phenolic OH excluding ortho intramolecular Hbond substituents is 1. The Bertz CT molecular complexity index is 384. The quantitative estimate of drug-likeness (QED) is 0.802. The van der Waals surface area contributed by atoms with Gasteiger partial charge in [0, 0.05) is 0 Å². The van der Waals surface area contributed by atoms with Crippen molar-refractivity contribution >= 4 is 0 Å². The number of fused-ring (bicyclic) bond motifs is 1. The SMILES string of the molecule is CC(C)(CN)C1CCc2c(O)cccc2C1. The number of benzene rings is 1. The molecule has 0 aliphatic heterocycles. The number of rotatable bonds is 2. The monoisotopic (exact) mass is 219 g/mol. The molecule has 0 saturated carbocycles. The lowest BCUT2D eigenvalue weighted by Gasteiger charge is -2.37. The van der Waals surface area contributed by atoms with Gasteiger partial charge in [-0.05, 0) is 54.3 Å². The lowest BCUT2D eigenvalue weighted by molar-refractivity contribution is 0.198. The van der Waals surface area contributed by atoms with E-state index in [0.29, 0.717) is 11.7 Å². The van der Waals surface area contributed by atoms with Crippen LogP contribution in [-0.2, 0) is 12.8 Å². The highest BCUT2D eigenvalue weighted by atomic mass is 16.3. The molecule has 0 radical (unpaired) electrons. The van der Waals surface area contributed by atoms with E-state index in [2.05, 4.69) is 19.9 Å². The maximum absolute atomic E-state index is 9.78. The standard InChI is InChI=1S/C14H21NO/c1-14(2,9-15)11-6-7-12-10(8-11)4-3-5-13(12)16/h3-5,11,16H,6-9,15H2,1-2H3. The summed E-state index contributed by atoms with van der Waals surface area (Å²) in [6.07, 6.45) is 3.17. The van der Waals surface area contributed by atoms with Crippen LogP contribution in [0.5, 0.6) is 5.75 Å². The van der Waals surface area contributed by atoms with Crippen molar-refractivity contribution in [3.8, 4) is 5.75 Å². The number of aromatic hydroxyl groups is 1. The molecule has 2 heteroatoms. The molecule has 0 spiro atoms. The summed E-state index contributed by atoms with van der Waals surface area (Å²) in [5.41, 5.74) is 8.48. The van der Waals surface area contributed by atoms with E-state index in [1.807, 2.05) is 6.07 Å². The molecular formula is C14H21NO. The van der Waals surface area contributed by atoms with Crippen molar-refractivity contribution in [3.63, 3.8) is 0 Å². The van der Waals surface area contributed by atoms with Crippen LogP contribution in [0.2, 0.25) is 0 Å². The van der Waals surface area contributed by atoms with E-state index in [1.165, 1.54) is 5.56 Å². The van der Waals surface area contributed by atoms with Gasteiger partial charge in [-0.1, -0.05) is 26.0 Å². The van der Waals surface area contributed by atoms with Gasteiger partial charge in [0.05, 0.1) is 0 Å². The molecule has 0 amide bonds. The molecule has 16 heavy (non-hydrogen) atoms. The normalized spacial score (nSPS) is 20.6. The molecule has 0 aromatic heterocycles. The number of hydrogen-bond acceptors (Lipinski definition) is 2. The lowest BCUT2D eigenvalue weighted by Crippen LogP contribution is -2.35. The Balaban J connectivity index is 2.25. The summed E-state index contributed by atoms with van der Waals surface area (Å²) >= 11 is 0. The Morgan fingerprint density at radius 2 is 2.19 bits per heavy atom. The molecule has 1 atom stereocenters. The van der Waals surface area contributed by atoms with Gasteiger partial charge in [-0.3, -0.25) is 0 Å². The molecule has 1 aliphatic carbocycles. The maximum Gasteiger partial charge on any atom is 0.119 e. The van der Waals surface area contributed by atoms with Crippen LogP contribution < -0.4 is 5.73 Å². The summed E-state index contributed by atoms with van der Waals surface area (Å²) in [7, 11) is 0. The predicted octanol–water partition coefficient (Wildman–Crippen LogP) is 2.48. The van der Waals surface area contributed by atoms with Crippen molar-refractivity contribution in [2.24, 2.45) is 17.1 Å². The molecular weight excluding hydrogens is 198 g/mol. The van der Waals surface area contributed by atoms with Crippen molar-refractivity contribution in [2.75, 3.05) is 6.54 Å². The van der Waals surface area contributed by atoms with Crippen LogP contribution in [0.4, 0.5) is 0 Å². The zero-order valence-corrected chi connectivity index (χ0v) is 10.2. The first-order chi connectivity index (χ1) is 7.54. The van der Waals surface area contributed by atoms with Crippen molar-refractivity contribution in [1.29, 1.82) is 0 Å². The average Bonchev–Trinajstić information content (AvgIpc) is 2.29. The molecule has 1 aromatic carbocycles. The highest BCUT2D eigenvalue weighted by Crippen LogP contribution is 2.39. The Kier molecular flexibility index (Phi) is 2.94. The minimum Gasteiger partial charge on any atom is -0.508 e. The molecule has 0 heterocycles. The molecule has 0 fully saturated rings. The molecule has 0 bridgehead atoms. The second-order valence-electron chi connectivity index (χ2n) is 5.55.